The minimum Gasteiger partial charge on any atom is -0.393 e. The maximum absolute atomic E-state index is 12.6. The molecule has 1 fully saturated rings. The van der Waals surface area contributed by atoms with Gasteiger partial charge in [0.2, 0.25) is 15.9 Å². The van der Waals surface area contributed by atoms with Gasteiger partial charge in [-0.25, -0.2) is 13.1 Å². The van der Waals surface area contributed by atoms with Gasteiger partial charge >= 0.3 is 0 Å². The second-order valence-electron chi connectivity index (χ2n) is 6.86. The standard InChI is InChI=1S/C17H24N2O4S/c1-11-9-13-10-16(7-8-17(13)19(11)12(2)20)24(22,23)18-14-3-5-15(21)6-4-14/h7-8,10-11,14-15,18,21H,3-6,9H2,1-2H3. The number of aliphatic hydroxyl groups excluding tert-OH is 1. The van der Waals surface area contributed by atoms with Crippen LogP contribution in [-0.4, -0.2) is 37.6 Å². The summed E-state index contributed by atoms with van der Waals surface area (Å²) < 4.78 is 28.0. The lowest BCUT2D eigenvalue weighted by Crippen LogP contribution is -2.38. The predicted octanol–water partition coefficient (Wildman–Crippen LogP) is 1.57. The molecule has 132 valence electrons. The molecular weight excluding hydrogens is 328 g/mol. The first-order chi connectivity index (χ1) is 11.3. The van der Waals surface area contributed by atoms with Gasteiger partial charge in [-0.2, -0.15) is 0 Å². The van der Waals surface area contributed by atoms with E-state index in [1.807, 2.05) is 6.92 Å². The predicted molar refractivity (Wildman–Crippen MR) is 91.4 cm³/mol. The van der Waals surface area contributed by atoms with E-state index < -0.39 is 10.0 Å². The summed E-state index contributed by atoms with van der Waals surface area (Å²) in [4.78, 5) is 13.7. The van der Waals surface area contributed by atoms with Crippen LogP contribution < -0.4 is 9.62 Å². The van der Waals surface area contributed by atoms with Crippen LogP contribution in [0.1, 0.15) is 45.1 Å². The van der Waals surface area contributed by atoms with Crippen LogP contribution >= 0.6 is 0 Å². The fraction of sp³-hybridized carbons (Fsp3) is 0.588. The van der Waals surface area contributed by atoms with Crippen molar-refractivity contribution in [2.75, 3.05) is 4.90 Å². The SMILES string of the molecule is CC(=O)N1c2ccc(S(=O)(=O)NC3CCC(O)CC3)cc2CC1C. The Morgan fingerprint density at radius 1 is 1.25 bits per heavy atom. The molecule has 0 saturated heterocycles. The normalized spacial score (nSPS) is 27.1. The van der Waals surface area contributed by atoms with E-state index in [2.05, 4.69) is 4.72 Å². The Kier molecular flexibility index (Phi) is 4.68. The number of sulfonamides is 1. The highest BCUT2D eigenvalue weighted by molar-refractivity contribution is 7.89. The Morgan fingerprint density at radius 2 is 1.92 bits per heavy atom. The Bertz CT molecular complexity index is 739. The topological polar surface area (TPSA) is 86.7 Å². The lowest BCUT2D eigenvalue weighted by molar-refractivity contribution is -0.116. The monoisotopic (exact) mass is 352 g/mol. The van der Waals surface area contributed by atoms with Gasteiger partial charge in [-0.3, -0.25) is 4.79 Å². The molecule has 1 heterocycles. The quantitative estimate of drug-likeness (QED) is 0.864. The van der Waals surface area contributed by atoms with E-state index in [1.165, 1.54) is 6.92 Å². The zero-order valence-corrected chi connectivity index (χ0v) is 14.8. The molecule has 0 aromatic heterocycles. The Balaban J connectivity index is 1.80. The van der Waals surface area contributed by atoms with Gasteiger partial charge < -0.3 is 10.0 Å². The van der Waals surface area contributed by atoms with Crippen LogP contribution in [0.5, 0.6) is 0 Å². The van der Waals surface area contributed by atoms with Gasteiger partial charge in [-0.05, 0) is 62.8 Å². The Morgan fingerprint density at radius 3 is 2.54 bits per heavy atom. The number of nitrogens with one attached hydrogen (secondary N) is 1. The highest BCUT2D eigenvalue weighted by Crippen LogP contribution is 2.34. The second-order valence-corrected chi connectivity index (χ2v) is 8.57. The summed E-state index contributed by atoms with van der Waals surface area (Å²) in [7, 11) is -3.59. The molecule has 1 aromatic rings. The minimum atomic E-state index is -3.59. The summed E-state index contributed by atoms with van der Waals surface area (Å²) in [5.41, 5.74) is 1.69. The van der Waals surface area contributed by atoms with E-state index in [0.29, 0.717) is 32.1 Å². The van der Waals surface area contributed by atoms with Gasteiger partial charge in [0.05, 0.1) is 11.0 Å². The highest BCUT2D eigenvalue weighted by atomic mass is 32.2. The van der Waals surface area contributed by atoms with Crippen LogP contribution in [0, 0.1) is 0 Å². The van der Waals surface area contributed by atoms with E-state index in [0.717, 1.165) is 11.3 Å². The molecule has 0 radical (unpaired) electrons. The zero-order valence-electron chi connectivity index (χ0n) is 14.0. The molecule has 1 saturated carbocycles. The van der Waals surface area contributed by atoms with Crippen molar-refractivity contribution in [1.29, 1.82) is 0 Å². The maximum atomic E-state index is 12.6. The largest absolute Gasteiger partial charge is 0.393 e. The number of nitrogens with zero attached hydrogens (tertiary/aromatic N) is 1. The number of hydrogen-bond donors (Lipinski definition) is 2. The third-order valence-electron chi connectivity index (χ3n) is 4.93. The molecule has 1 unspecified atom stereocenters. The van der Waals surface area contributed by atoms with Crippen molar-refractivity contribution >= 4 is 21.6 Å². The van der Waals surface area contributed by atoms with E-state index in [9.17, 15) is 18.3 Å². The molecule has 24 heavy (non-hydrogen) atoms. The van der Waals surface area contributed by atoms with Gasteiger partial charge in [0.25, 0.3) is 0 Å². The summed E-state index contributed by atoms with van der Waals surface area (Å²) in [6, 6.07) is 4.88. The number of anilines is 1. The third kappa shape index (κ3) is 3.34. The number of rotatable bonds is 3. The van der Waals surface area contributed by atoms with Gasteiger partial charge in [0.15, 0.2) is 0 Å². The van der Waals surface area contributed by atoms with Crippen LogP contribution in [0.4, 0.5) is 5.69 Å². The molecular formula is C17H24N2O4S. The average Bonchev–Trinajstić information content (AvgIpc) is 2.84. The molecule has 1 aromatic carbocycles. The number of benzene rings is 1. The second kappa shape index (κ2) is 6.46. The fourth-order valence-electron chi connectivity index (χ4n) is 3.74. The lowest BCUT2D eigenvalue weighted by atomic mass is 9.94. The number of carbonyl (C=O) groups excluding carboxylic acids is 1. The van der Waals surface area contributed by atoms with E-state index in [4.69, 9.17) is 0 Å². The number of carbonyl (C=O) groups is 1. The molecule has 2 N–H and O–H groups in total. The van der Waals surface area contributed by atoms with Crippen molar-refractivity contribution in [3.63, 3.8) is 0 Å². The molecule has 0 spiro atoms. The smallest absolute Gasteiger partial charge is 0.240 e. The molecule has 1 aliphatic heterocycles. The van der Waals surface area contributed by atoms with Crippen molar-refractivity contribution in [2.24, 2.45) is 0 Å². The summed E-state index contributed by atoms with van der Waals surface area (Å²) >= 11 is 0. The Hall–Kier alpha value is -1.44. The zero-order chi connectivity index (χ0) is 17.5. The highest BCUT2D eigenvalue weighted by Gasteiger charge is 2.31. The fourth-order valence-corrected chi connectivity index (χ4v) is 5.09. The first kappa shape index (κ1) is 17.4. The molecule has 6 nitrogen and oxygen atoms in total. The van der Waals surface area contributed by atoms with Crippen molar-refractivity contribution in [1.82, 2.24) is 4.72 Å². The van der Waals surface area contributed by atoms with E-state index >= 15 is 0 Å². The molecule has 1 atom stereocenters. The van der Waals surface area contributed by atoms with Crippen LogP contribution in [0.15, 0.2) is 23.1 Å². The molecule has 1 aliphatic carbocycles. The van der Waals surface area contributed by atoms with Gasteiger partial charge in [-0.1, -0.05) is 0 Å². The van der Waals surface area contributed by atoms with Gasteiger partial charge in [0, 0.05) is 24.7 Å². The first-order valence-corrected chi connectivity index (χ1v) is 9.89. The molecule has 7 heteroatoms. The van der Waals surface area contributed by atoms with Gasteiger partial charge in [-0.15, -0.1) is 0 Å². The minimum absolute atomic E-state index is 0.0317. The van der Waals surface area contributed by atoms with Crippen molar-refractivity contribution in [3.05, 3.63) is 23.8 Å². The van der Waals surface area contributed by atoms with Crippen LogP contribution in [0.25, 0.3) is 0 Å². The van der Waals surface area contributed by atoms with Crippen molar-refractivity contribution < 1.29 is 18.3 Å². The summed E-state index contributed by atoms with van der Waals surface area (Å²) in [5, 5.41) is 9.53. The summed E-state index contributed by atoms with van der Waals surface area (Å²) in [6.07, 6.45) is 2.91. The number of fused-ring (bicyclic) bond motifs is 1. The van der Waals surface area contributed by atoms with Crippen LogP contribution in [0.2, 0.25) is 0 Å². The van der Waals surface area contributed by atoms with Gasteiger partial charge in [0.1, 0.15) is 0 Å². The van der Waals surface area contributed by atoms with E-state index in [-0.39, 0.29) is 29.0 Å². The molecule has 2 aliphatic rings. The Labute approximate surface area is 142 Å². The average molecular weight is 352 g/mol. The number of amides is 1. The van der Waals surface area contributed by atoms with Crippen molar-refractivity contribution in [3.8, 4) is 0 Å². The lowest BCUT2D eigenvalue weighted by Gasteiger charge is -2.26. The molecule has 0 bridgehead atoms. The molecule has 1 amide bonds. The van der Waals surface area contributed by atoms with Crippen LogP contribution in [-0.2, 0) is 21.2 Å². The summed E-state index contributed by atoms with van der Waals surface area (Å²) in [6.45, 7) is 3.48. The van der Waals surface area contributed by atoms with Crippen molar-refractivity contribution in [2.45, 2.75) is 69.0 Å². The van der Waals surface area contributed by atoms with Crippen LogP contribution in [0.3, 0.4) is 0 Å². The van der Waals surface area contributed by atoms with E-state index in [1.54, 1.807) is 23.1 Å². The summed E-state index contributed by atoms with van der Waals surface area (Å²) in [5.74, 6) is -0.0317. The molecule has 3 rings (SSSR count). The number of hydrogen-bond acceptors (Lipinski definition) is 4. The number of aliphatic hydroxyl groups is 1. The first-order valence-electron chi connectivity index (χ1n) is 8.41. The third-order valence-corrected chi connectivity index (χ3v) is 6.45. The maximum Gasteiger partial charge on any atom is 0.240 e.